The Labute approximate surface area is 110 Å². The van der Waals surface area contributed by atoms with Crippen molar-refractivity contribution < 1.29 is 63.9 Å². The summed E-state index contributed by atoms with van der Waals surface area (Å²) in [4.78, 5) is 19.5. The second kappa shape index (κ2) is 8.23. The zero-order valence-corrected chi connectivity index (χ0v) is 9.88. The minimum Gasteiger partial charge on any atom is -1.00 e. The first-order chi connectivity index (χ1) is 4.46. The first-order valence-electron chi connectivity index (χ1n) is 2.28. The monoisotopic (exact) mass is 200 g/mol. The fourth-order valence-electron chi connectivity index (χ4n) is 0.270. The van der Waals surface area contributed by atoms with E-state index in [9.17, 15) is 9.59 Å². The Balaban J connectivity index is -0.0000000405. The van der Waals surface area contributed by atoms with Crippen LogP contribution >= 0.6 is 0 Å². The summed E-state index contributed by atoms with van der Waals surface area (Å²) in [5.74, 6) is -3.54. The molecule has 0 bridgehead atoms. The van der Waals surface area contributed by atoms with Gasteiger partial charge in [0.25, 0.3) is 0 Å². The maximum Gasteiger partial charge on any atom is 2.00 e. The van der Waals surface area contributed by atoms with Gasteiger partial charge in [-0.05, 0) is 0 Å². The van der Waals surface area contributed by atoms with Crippen molar-refractivity contribution >= 4 is 35.0 Å². The third kappa shape index (κ3) is 6.18. The van der Waals surface area contributed by atoms with Gasteiger partial charge in [0.1, 0.15) is 0 Å². The van der Waals surface area contributed by atoms with E-state index in [4.69, 9.17) is 20.4 Å². The number of hydrogen-bond acceptors (Lipinski definition) is 4. The summed E-state index contributed by atoms with van der Waals surface area (Å²) in [6.07, 6.45) is -4.53. The van der Waals surface area contributed by atoms with Gasteiger partial charge in [-0.25, -0.2) is 9.59 Å². The van der Waals surface area contributed by atoms with Crippen molar-refractivity contribution in [1.29, 1.82) is 0 Å². The van der Waals surface area contributed by atoms with Gasteiger partial charge in [0.05, 0.1) is 0 Å². The minimum absolute atomic E-state index is 0. The summed E-state index contributed by atoms with van der Waals surface area (Å²) in [5, 5.41) is 32.5. The normalized spacial score (nSPS) is 13.2. The van der Waals surface area contributed by atoms with Crippen LogP contribution in [0.1, 0.15) is 4.28 Å². The number of carboxylic acids is 2. The third-order valence-electron chi connectivity index (χ3n) is 0.805. The van der Waals surface area contributed by atoms with Gasteiger partial charge < -0.3 is 24.7 Å². The van der Waals surface area contributed by atoms with E-state index in [1.54, 1.807) is 0 Å². The number of rotatable bonds is 3. The quantitative estimate of drug-likeness (QED) is 0.339. The maximum atomic E-state index is 9.77. The second-order valence-electron chi connectivity index (χ2n) is 1.57. The van der Waals surface area contributed by atoms with E-state index in [1.165, 1.54) is 0 Å². The first-order valence-corrected chi connectivity index (χ1v) is 2.28. The van der Waals surface area contributed by atoms with E-state index in [0.717, 1.165) is 0 Å². The topological polar surface area (TPSA) is 115 Å². The van der Waals surface area contributed by atoms with Crippen molar-refractivity contribution in [2.24, 2.45) is 0 Å². The molecule has 2 unspecified atom stereocenters. The Morgan fingerprint density at radius 2 is 1.17 bits per heavy atom. The number of aliphatic hydroxyl groups excluding tert-OH is 2. The SMILES string of the molecule is O=C(O)C(O)C(O)C(=O)O.[H-].[H-].[H-].[Mg+2].[Na+]. The van der Waals surface area contributed by atoms with Crippen molar-refractivity contribution in [3.05, 3.63) is 0 Å². The van der Waals surface area contributed by atoms with Crippen molar-refractivity contribution in [2.45, 2.75) is 12.2 Å². The maximum absolute atomic E-state index is 9.77. The molecule has 0 fully saturated rings. The van der Waals surface area contributed by atoms with Gasteiger partial charge in [-0.1, -0.05) is 0 Å². The summed E-state index contributed by atoms with van der Waals surface area (Å²) < 4.78 is 0. The molecule has 0 spiro atoms. The zero-order valence-electron chi connectivity index (χ0n) is 9.47. The largest absolute Gasteiger partial charge is 2.00 e. The van der Waals surface area contributed by atoms with Crippen molar-refractivity contribution in [3.8, 4) is 0 Å². The van der Waals surface area contributed by atoms with Gasteiger partial charge in [-0.2, -0.15) is 0 Å². The molecule has 6 nitrogen and oxygen atoms in total. The van der Waals surface area contributed by atoms with E-state index in [-0.39, 0.29) is 56.9 Å². The van der Waals surface area contributed by atoms with Crippen LogP contribution < -0.4 is 29.6 Å². The first kappa shape index (κ1) is 18.4. The molecule has 0 rings (SSSR count). The molecule has 0 aromatic heterocycles. The Bertz CT molecular complexity index is 154. The molecule has 2 atom stereocenters. The van der Waals surface area contributed by atoms with Crippen LogP contribution in [0.2, 0.25) is 0 Å². The van der Waals surface area contributed by atoms with Crippen molar-refractivity contribution in [3.63, 3.8) is 0 Å². The van der Waals surface area contributed by atoms with Crippen LogP contribution in [0.5, 0.6) is 0 Å². The van der Waals surface area contributed by atoms with E-state index < -0.39 is 24.1 Å². The number of aliphatic hydroxyl groups is 2. The van der Waals surface area contributed by atoms with Gasteiger partial charge in [0.15, 0.2) is 12.2 Å². The molecule has 64 valence electrons. The Morgan fingerprint density at radius 1 is 1.00 bits per heavy atom. The number of aliphatic carboxylic acids is 2. The Kier molecular flexibility index (Phi) is 12.6. The summed E-state index contributed by atoms with van der Waals surface area (Å²) in [7, 11) is 0. The van der Waals surface area contributed by atoms with Crippen molar-refractivity contribution in [1.82, 2.24) is 0 Å². The van der Waals surface area contributed by atoms with Gasteiger partial charge in [0.2, 0.25) is 0 Å². The standard InChI is InChI=1S/C4H6O6.Mg.Na.3H/c5-1(3(7)8)2(6)4(9)10;;;;;/h1-2,5-6H,(H,7,8)(H,9,10);;;;;/q;+2;+1;3*-1. The Morgan fingerprint density at radius 3 is 1.25 bits per heavy atom. The third-order valence-corrected chi connectivity index (χ3v) is 0.805. The van der Waals surface area contributed by atoms with Crippen LogP contribution in [0.15, 0.2) is 0 Å². The van der Waals surface area contributed by atoms with Crippen LogP contribution in [0.4, 0.5) is 0 Å². The fraction of sp³-hybridized carbons (Fsp3) is 0.500. The smallest absolute Gasteiger partial charge is 1.00 e. The molecule has 0 saturated carbocycles. The molecule has 0 amide bonds. The zero-order chi connectivity index (χ0) is 8.31. The predicted octanol–water partition coefficient (Wildman–Crippen LogP) is -5.16. The molecular weight excluding hydrogens is 191 g/mol. The van der Waals surface area contributed by atoms with Crippen LogP contribution in [0.25, 0.3) is 0 Å². The summed E-state index contributed by atoms with van der Waals surface area (Å²) in [6, 6.07) is 0. The summed E-state index contributed by atoms with van der Waals surface area (Å²) in [5.41, 5.74) is 0. The van der Waals surface area contributed by atoms with Gasteiger partial charge in [-0.15, -0.1) is 0 Å². The molecule has 8 heteroatoms. The van der Waals surface area contributed by atoms with Gasteiger partial charge >= 0.3 is 64.5 Å². The van der Waals surface area contributed by atoms with E-state index in [1.807, 2.05) is 0 Å². The van der Waals surface area contributed by atoms with Crippen molar-refractivity contribution in [2.75, 3.05) is 0 Å². The number of carbonyl (C=O) groups is 2. The van der Waals surface area contributed by atoms with Gasteiger partial charge in [-0.3, -0.25) is 0 Å². The summed E-state index contributed by atoms with van der Waals surface area (Å²) in [6.45, 7) is 0. The molecule has 0 radical (unpaired) electrons. The average molecular weight is 200 g/mol. The summed E-state index contributed by atoms with van der Waals surface area (Å²) >= 11 is 0. The van der Waals surface area contributed by atoms with Crippen LogP contribution in [-0.2, 0) is 9.59 Å². The van der Waals surface area contributed by atoms with E-state index in [2.05, 4.69) is 0 Å². The molecular formula is C4H9MgNaO6. The molecule has 0 aliphatic rings. The number of carboxylic acid groups (broad SMARTS) is 2. The second-order valence-corrected chi connectivity index (χ2v) is 1.57. The predicted molar refractivity (Wildman–Crippen MR) is 36.4 cm³/mol. The molecule has 4 N–H and O–H groups in total. The molecule has 0 saturated heterocycles. The van der Waals surface area contributed by atoms with Crippen LogP contribution in [-0.4, -0.2) is 67.6 Å². The molecule has 0 aliphatic heterocycles. The van der Waals surface area contributed by atoms with E-state index >= 15 is 0 Å². The van der Waals surface area contributed by atoms with Crippen LogP contribution in [0, 0.1) is 0 Å². The fourth-order valence-corrected chi connectivity index (χ4v) is 0.270. The molecule has 12 heavy (non-hydrogen) atoms. The molecule has 0 aromatic carbocycles. The Hall–Kier alpha value is 0.626. The van der Waals surface area contributed by atoms with Crippen LogP contribution in [0.3, 0.4) is 0 Å². The number of hydrogen-bond donors (Lipinski definition) is 4. The molecule has 0 heterocycles. The average Bonchev–Trinajstić information content (AvgIpc) is 1.84. The van der Waals surface area contributed by atoms with E-state index in [0.29, 0.717) is 0 Å². The minimum atomic E-state index is -2.27. The van der Waals surface area contributed by atoms with Gasteiger partial charge in [0, 0.05) is 0 Å². The molecule has 0 aromatic rings. The molecule has 0 aliphatic carbocycles.